The Morgan fingerprint density at radius 3 is 2.17 bits per heavy atom. The van der Waals surface area contributed by atoms with Crippen molar-refractivity contribution >= 4 is 33.6 Å². The number of nitrogens with zero attached hydrogens (tertiary/aromatic N) is 1. The molecule has 3 aromatic rings. The molecule has 0 bridgehead atoms. The second kappa shape index (κ2) is 9.71. The molecule has 3 aromatic carbocycles. The van der Waals surface area contributed by atoms with Gasteiger partial charge in [0.1, 0.15) is 0 Å². The van der Waals surface area contributed by atoms with Gasteiger partial charge in [-0.2, -0.15) is 4.31 Å². The molecule has 0 aromatic heterocycles. The molecule has 154 valence electrons. The van der Waals surface area contributed by atoms with E-state index in [-0.39, 0.29) is 13.1 Å². The highest BCUT2D eigenvalue weighted by Crippen LogP contribution is 2.22. The first-order valence-corrected chi connectivity index (χ1v) is 11.1. The van der Waals surface area contributed by atoms with Crippen LogP contribution in [0.3, 0.4) is 0 Å². The third-order valence-electron chi connectivity index (χ3n) is 4.49. The summed E-state index contributed by atoms with van der Waals surface area (Å²) in [6, 6.07) is 22.9. The van der Waals surface area contributed by atoms with Crippen molar-refractivity contribution in [2.45, 2.75) is 13.1 Å². The molecular weight excluding hydrogens is 420 g/mol. The molecule has 0 aliphatic carbocycles. The first-order valence-electron chi connectivity index (χ1n) is 9.20. The second-order valence-corrected chi connectivity index (χ2v) is 8.90. The number of carbonyl (C=O) groups excluding carboxylic acids is 1. The van der Waals surface area contributed by atoms with E-state index in [0.29, 0.717) is 16.1 Å². The van der Waals surface area contributed by atoms with Gasteiger partial charge in [-0.25, -0.2) is 8.42 Å². The summed E-state index contributed by atoms with van der Waals surface area (Å²) in [7, 11) is -3.76. The maximum absolute atomic E-state index is 13.1. The van der Waals surface area contributed by atoms with Crippen LogP contribution in [0.15, 0.2) is 84.3 Å². The van der Waals surface area contributed by atoms with E-state index in [1.807, 2.05) is 36.4 Å². The first-order chi connectivity index (χ1) is 14.3. The molecule has 0 saturated carbocycles. The van der Waals surface area contributed by atoms with Gasteiger partial charge in [-0.05, 0) is 41.0 Å². The van der Waals surface area contributed by atoms with Gasteiger partial charge in [0.25, 0.3) is 0 Å². The van der Waals surface area contributed by atoms with E-state index in [0.717, 1.165) is 11.1 Å². The normalized spacial score (nSPS) is 11.8. The molecule has 5 nitrogen and oxygen atoms in total. The molecule has 0 saturated heterocycles. The van der Waals surface area contributed by atoms with Gasteiger partial charge in [0.15, 0.2) is 0 Å². The molecule has 30 heavy (non-hydrogen) atoms. The number of halogens is 1. The third-order valence-corrected chi connectivity index (χ3v) is 6.32. The first kappa shape index (κ1) is 21.8. The highest BCUT2D eigenvalue weighted by molar-refractivity contribution is 7.92. The predicted octanol–water partition coefficient (Wildman–Crippen LogP) is 4.44. The number of primary amides is 1. The van der Waals surface area contributed by atoms with Crippen LogP contribution >= 0.6 is 11.6 Å². The van der Waals surface area contributed by atoms with Crippen molar-refractivity contribution < 1.29 is 13.2 Å². The number of amides is 1. The average Bonchev–Trinajstić information content (AvgIpc) is 2.74. The van der Waals surface area contributed by atoms with Crippen LogP contribution in [-0.4, -0.2) is 18.6 Å². The Balaban J connectivity index is 1.90. The van der Waals surface area contributed by atoms with Crippen molar-refractivity contribution in [3.05, 3.63) is 112 Å². The Bertz CT molecular complexity index is 1140. The summed E-state index contributed by atoms with van der Waals surface area (Å²) in [5.41, 5.74) is 7.85. The Hall–Kier alpha value is -2.93. The topological polar surface area (TPSA) is 80.5 Å². The molecule has 0 heterocycles. The maximum Gasteiger partial charge on any atom is 0.248 e. The molecular formula is C23H21ClN2O3S. The summed E-state index contributed by atoms with van der Waals surface area (Å²) in [5.74, 6) is -0.534. The number of benzene rings is 3. The number of hydrogen-bond acceptors (Lipinski definition) is 3. The van der Waals surface area contributed by atoms with Gasteiger partial charge >= 0.3 is 0 Å². The number of hydrogen-bond donors (Lipinski definition) is 1. The van der Waals surface area contributed by atoms with E-state index in [9.17, 15) is 13.2 Å². The summed E-state index contributed by atoms with van der Waals surface area (Å²) in [6.07, 6.45) is 1.56. The minimum Gasteiger partial charge on any atom is -0.366 e. The Kier molecular flexibility index (Phi) is 7.05. The Morgan fingerprint density at radius 1 is 0.900 bits per heavy atom. The fourth-order valence-electron chi connectivity index (χ4n) is 2.85. The summed E-state index contributed by atoms with van der Waals surface area (Å²) >= 11 is 6.26. The molecule has 3 rings (SSSR count). The lowest BCUT2D eigenvalue weighted by molar-refractivity contribution is 0.1000. The second-order valence-electron chi connectivity index (χ2n) is 6.68. The number of carbonyl (C=O) groups is 1. The molecule has 0 radical (unpaired) electrons. The largest absolute Gasteiger partial charge is 0.366 e. The Morgan fingerprint density at radius 2 is 1.53 bits per heavy atom. The molecule has 0 fully saturated rings. The lowest BCUT2D eigenvalue weighted by atomic mass is 10.1. The van der Waals surface area contributed by atoms with E-state index in [1.165, 1.54) is 9.71 Å². The standard InChI is InChI=1S/C23H21ClN2O3S/c24-22-9-5-4-8-21(22)17-26(16-19-10-12-20(13-11-19)23(25)27)30(28,29)15-14-18-6-2-1-3-7-18/h1-15H,16-17H2,(H2,25,27)/b15-14+. The van der Waals surface area contributed by atoms with Crippen LogP contribution in [0.25, 0.3) is 6.08 Å². The number of nitrogens with two attached hydrogens (primary N) is 1. The van der Waals surface area contributed by atoms with Crippen molar-refractivity contribution in [1.29, 1.82) is 0 Å². The van der Waals surface area contributed by atoms with Crippen molar-refractivity contribution in [1.82, 2.24) is 4.31 Å². The molecule has 1 amide bonds. The molecule has 0 aliphatic rings. The Labute approximate surface area is 181 Å². The molecule has 0 aliphatic heterocycles. The third kappa shape index (κ3) is 5.79. The van der Waals surface area contributed by atoms with Crippen LogP contribution < -0.4 is 5.73 Å². The van der Waals surface area contributed by atoms with Crippen LogP contribution in [-0.2, 0) is 23.1 Å². The van der Waals surface area contributed by atoms with Gasteiger partial charge in [0.2, 0.25) is 15.9 Å². The van der Waals surface area contributed by atoms with Crippen LogP contribution in [0.2, 0.25) is 5.02 Å². The molecule has 2 N–H and O–H groups in total. The van der Waals surface area contributed by atoms with E-state index in [4.69, 9.17) is 17.3 Å². The van der Waals surface area contributed by atoms with Gasteiger partial charge < -0.3 is 5.73 Å². The van der Waals surface area contributed by atoms with E-state index < -0.39 is 15.9 Å². The van der Waals surface area contributed by atoms with Crippen LogP contribution in [0.1, 0.15) is 27.0 Å². The van der Waals surface area contributed by atoms with Gasteiger partial charge in [-0.1, -0.05) is 72.3 Å². The minimum atomic E-state index is -3.76. The van der Waals surface area contributed by atoms with Crippen LogP contribution in [0, 0.1) is 0 Å². The lowest BCUT2D eigenvalue weighted by Gasteiger charge is -2.21. The predicted molar refractivity (Wildman–Crippen MR) is 120 cm³/mol. The number of sulfonamides is 1. The van der Waals surface area contributed by atoms with Crippen molar-refractivity contribution in [2.24, 2.45) is 5.73 Å². The van der Waals surface area contributed by atoms with Crippen molar-refractivity contribution in [3.8, 4) is 0 Å². The quantitative estimate of drug-likeness (QED) is 0.562. The molecule has 0 spiro atoms. The van der Waals surface area contributed by atoms with E-state index in [2.05, 4.69) is 0 Å². The summed E-state index contributed by atoms with van der Waals surface area (Å²) < 4.78 is 27.6. The minimum absolute atomic E-state index is 0.110. The highest BCUT2D eigenvalue weighted by atomic mass is 35.5. The summed E-state index contributed by atoms with van der Waals surface area (Å²) in [5, 5.41) is 1.69. The fraction of sp³-hybridized carbons (Fsp3) is 0.0870. The SMILES string of the molecule is NC(=O)c1ccc(CN(Cc2ccccc2Cl)S(=O)(=O)/C=C/c2ccccc2)cc1. The summed E-state index contributed by atoms with van der Waals surface area (Å²) in [6.45, 7) is 0.227. The zero-order chi connectivity index (χ0) is 21.6. The summed E-state index contributed by atoms with van der Waals surface area (Å²) in [4.78, 5) is 11.3. The zero-order valence-electron chi connectivity index (χ0n) is 16.1. The molecule has 0 unspecified atom stereocenters. The van der Waals surface area contributed by atoms with E-state index in [1.54, 1.807) is 48.5 Å². The van der Waals surface area contributed by atoms with Crippen molar-refractivity contribution in [3.63, 3.8) is 0 Å². The number of rotatable bonds is 8. The van der Waals surface area contributed by atoms with Crippen LogP contribution in [0.5, 0.6) is 0 Å². The smallest absolute Gasteiger partial charge is 0.248 e. The van der Waals surface area contributed by atoms with Gasteiger partial charge in [-0.15, -0.1) is 0 Å². The maximum atomic E-state index is 13.1. The van der Waals surface area contributed by atoms with Gasteiger partial charge in [0, 0.05) is 29.1 Å². The van der Waals surface area contributed by atoms with Crippen molar-refractivity contribution in [2.75, 3.05) is 0 Å². The van der Waals surface area contributed by atoms with Gasteiger partial charge in [0.05, 0.1) is 0 Å². The highest BCUT2D eigenvalue weighted by Gasteiger charge is 2.21. The fourth-order valence-corrected chi connectivity index (χ4v) is 4.19. The average molecular weight is 441 g/mol. The van der Waals surface area contributed by atoms with Gasteiger partial charge in [-0.3, -0.25) is 4.79 Å². The van der Waals surface area contributed by atoms with E-state index >= 15 is 0 Å². The van der Waals surface area contributed by atoms with Crippen LogP contribution in [0.4, 0.5) is 0 Å². The molecule has 7 heteroatoms. The lowest BCUT2D eigenvalue weighted by Crippen LogP contribution is -2.28. The zero-order valence-corrected chi connectivity index (χ0v) is 17.7. The molecule has 0 atom stereocenters. The monoisotopic (exact) mass is 440 g/mol.